The maximum Gasteiger partial charge on any atom is 0.263 e. The van der Waals surface area contributed by atoms with Crippen molar-refractivity contribution in [2.75, 3.05) is 11.1 Å². The van der Waals surface area contributed by atoms with Gasteiger partial charge in [-0.25, -0.2) is 0 Å². The first-order chi connectivity index (χ1) is 9.60. The van der Waals surface area contributed by atoms with Crippen molar-refractivity contribution in [2.24, 2.45) is 5.92 Å². The zero-order chi connectivity index (χ0) is 14.3. The predicted octanol–water partition coefficient (Wildman–Crippen LogP) is 2.30. The Labute approximate surface area is 122 Å². The molecular formula is C14H18N4OS. The molecule has 0 spiro atoms. The Balaban J connectivity index is 1.81. The molecule has 1 atom stereocenters. The number of nitriles is 1. The Bertz CT molecular complexity index is 581. The number of carbonyl (C=O) groups is 1. The van der Waals surface area contributed by atoms with Gasteiger partial charge < -0.3 is 16.4 Å². The van der Waals surface area contributed by atoms with Crippen LogP contribution in [0, 0.1) is 17.2 Å². The second-order valence-corrected chi connectivity index (χ2v) is 6.70. The van der Waals surface area contributed by atoms with Crippen LogP contribution in [-0.4, -0.2) is 18.0 Å². The smallest absolute Gasteiger partial charge is 0.263 e. The molecule has 2 saturated carbocycles. The van der Waals surface area contributed by atoms with E-state index >= 15 is 0 Å². The van der Waals surface area contributed by atoms with Gasteiger partial charge in [-0.05, 0) is 38.5 Å². The van der Waals surface area contributed by atoms with Crippen LogP contribution in [0.5, 0.6) is 0 Å². The maximum atomic E-state index is 12.1. The van der Waals surface area contributed by atoms with Crippen molar-refractivity contribution in [3.8, 4) is 6.07 Å². The lowest BCUT2D eigenvalue weighted by molar-refractivity contribution is 0.0956. The lowest BCUT2D eigenvalue weighted by Gasteiger charge is -2.12. The Hall–Kier alpha value is -1.74. The quantitative estimate of drug-likeness (QED) is 0.776. The number of thiophene rings is 1. The molecule has 1 amide bonds. The van der Waals surface area contributed by atoms with E-state index in [1.54, 1.807) is 0 Å². The number of nitrogens with two attached hydrogens (primary N) is 1. The molecule has 1 heterocycles. The van der Waals surface area contributed by atoms with E-state index in [2.05, 4.69) is 23.6 Å². The minimum atomic E-state index is -0.154. The highest BCUT2D eigenvalue weighted by atomic mass is 32.1. The van der Waals surface area contributed by atoms with E-state index in [1.807, 2.05) is 0 Å². The molecule has 0 bridgehead atoms. The van der Waals surface area contributed by atoms with Gasteiger partial charge in [0.2, 0.25) is 0 Å². The molecule has 106 valence electrons. The molecule has 20 heavy (non-hydrogen) atoms. The minimum absolute atomic E-state index is 0.154. The predicted molar refractivity (Wildman–Crippen MR) is 79.7 cm³/mol. The summed E-state index contributed by atoms with van der Waals surface area (Å²) in [4.78, 5) is 12.6. The summed E-state index contributed by atoms with van der Waals surface area (Å²) in [6.45, 7) is 2.11. The number of carbonyl (C=O) groups excluding carboxylic acids is 1. The normalized spacial score (nSPS) is 19.2. The first-order valence-electron chi connectivity index (χ1n) is 7.00. The van der Waals surface area contributed by atoms with Gasteiger partial charge in [-0.15, -0.1) is 11.3 Å². The molecule has 1 unspecified atom stereocenters. The number of hydrogen-bond acceptors (Lipinski definition) is 5. The van der Waals surface area contributed by atoms with Gasteiger partial charge in [0.05, 0.1) is 5.69 Å². The highest BCUT2D eigenvalue weighted by molar-refractivity contribution is 7.19. The Morgan fingerprint density at radius 1 is 1.45 bits per heavy atom. The highest BCUT2D eigenvalue weighted by Crippen LogP contribution is 2.39. The van der Waals surface area contributed by atoms with Crippen LogP contribution >= 0.6 is 11.3 Å². The summed E-state index contributed by atoms with van der Waals surface area (Å²) in [5.41, 5.74) is 6.68. The minimum Gasteiger partial charge on any atom is -0.396 e. The van der Waals surface area contributed by atoms with Crippen molar-refractivity contribution in [2.45, 2.75) is 44.7 Å². The fourth-order valence-electron chi connectivity index (χ4n) is 2.22. The van der Waals surface area contributed by atoms with Crippen LogP contribution < -0.4 is 16.4 Å². The van der Waals surface area contributed by atoms with Crippen LogP contribution in [0.25, 0.3) is 0 Å². The maximum absolute atomic E-state index is 12.1. The molecular weight excluding hydrogens is 272 g/mol. The van der Waals surface area contributed by atoms with Gasteiger partial charge in [0.25, 0.3) is 5.91 Å². The second-order valence-electron chi connectivity index (χ2n) is 5.68. The lowest BCUT2D eigenvalue weighted by atomic mass is 10.2. The number of nitrogen functional groups attached to an aromatic ring is 1. The molecule has 2 fully saturated rings. The molecule has 5 nitrogen and oxygen atoms in total. The van der Waals surface area contributed by atoms with E-state index < -0.39 is 0 Å². The van der Waals surface area contributed by atoms with Gasteiger partial charge in [0.1, 0.15) is 21.5 Å². The van der Waals surface area contributed by atoms with Crippen molar-refractivity contribution in [1.29, 1.82) is 5.26 Å². The Morgan fingerprint density at radius 2 is 2.15 bits per heavy atom. The van der Waals surface area contributed by atoms with E-state index in [-0.39, 0.29) is 11.9 Å². The first kappa shape index (κ1) is 13.3. The van der Waals surface area contributed by atoms with E-state index in [9.17, 15) is 10.1 Å². The van der Waals surface area contributed by atoms with Gasteiger partial charge in [-0.3, -0.25) is 4.79 Å². The highest BCUT2D eigenvalue weighted by Gasteiger charge is 2.31. The van der Waals surface area contributed by atoms with Crippen LogP contribution in [0.15, 0.2) is 0 Å². The van der Waals surface area contributed by atoms with E-state index in [4.69, 9.17) is 5.73 Å². The van der Waals surface area contributed by atoms with Crippen LogP contribution in [0.1, 0.15) is 47.8 Å². The van der Waals surface area contributed by atoms with Gasteiger partial charge in [-0.1, -0.05) is 0 Å². The van der Waals surface area contributed by atoms with Crippen molar-refractivity contribution in [3.63, 3.8) is 0 Å². The van der Waals surface area contributed by atoms with E-state index in [1.165, 1.54) is 24.2 Å². The van der Waals surface area contributed by atoms with Gasteiger partial charge in [0.15, 0.2) is 0 Å². The molecule has 0 saturated heterocycles. The van der Waals surface area contributed by atoms with Crippen LogP contribution in [0.3, 0.4) is 0 Å². The number of hydrogen-bond donors (Lipinski definition) is 3. The van der Waals surface area contributed by atoms with Crippen molar-refractivity contribution >= 4 is 27.9 Å². The molecule has 1 aromatic rings. The molecule has 6 heteroatoms. The average Bonchev–Trinajstić information content (AvgIpc) is 3.28. The summed E-state index contributed by atoms with van der Waals surface area (Å²) >= 11 is 1.29. The third-order valence-corrected chi connectivity index (χ3v) is 5.00. The van der Waals surface area contributed by atoms with Gasteiger partial charge >= 0.3 is 0 Å². The third kappa shape index (κ3) is 2.59. The molecule has 4 N–H and O–H groups in total. The lowest BCUT2D eigenvalue weighted by Crippen LogP contribution is -2.25. The standard InChI is InChI=1S/C14H18N4OS/c1-7(8-2-3-8)17-14-10(6-15)11(16)12(20-14)13(19)18-9-4-5-9/h7-9,17H,2-5,16H2,1H3,(H,18,19). The number of amides is 1. The SMILES string of the molecule is CC(Nc1sc(C(=O)NC2CC2)c(N)c1C#N)C1CC1. The Morgan fingerprint density at radius 3 is 2.70 bits per heavy atom. The number of nitrogens with zero attached hydrogens (tertiary/aromatic N) is 1. The zero-order valence-corrected chi connectivity index (χ0v) is 12.2. The molecule has 2 aliphatic rings. The summed E-state index contributed by atoms with van der Waals surface area (Å²) in [5.74, 6) is 0.521. The molecule has 0 aromatic carbocycles. The van der Waals surface area contributed by atoms with Crippen molar-refractivity contribution in [3.05, 3.63) is 10.4 Å². The van der Waals surface area contributed by atoms with Crippen LogP contribution in [-0.2, 0) is 0 Å². The van der Waals surface area contributed by atoms with Crippen LogP contribution in [0.2, 0.25) is 0 Å². The third-order valence-electron chi connectivity index (χ3n) is 3.86. The number of anilines is 2. The molecule has 3 rings (SSSR count). The molecule has 0 aliphatic heterocycles. The number of rotatable bonds is 5. The topological polar surface area (TPSA) is 90.9 Å². The zero-order valence-electron chi connectivity index (χ0n) is 11.4. The summed E-state index contributed by atoms with van der Waals surface area (Å²) in [6.07, 6.45) is 4.52. The first-order valence-corrected chi connectivity index (χ1v) is 7.81. The molecule has 1 aromatic heterocycles. The summed E-state index contributed by atoms with van der Waals surface area (Å²) in [5, 5.41) is 16.3. The van der Waals surface area contributed by atoms with Crippen molar-refractivity contribution < 1.29 is 4.79 Å². The Kier molecular flexibility index (Phi) is 3.30. The van der Waals surface area contributed by atoms with E-state index in [0.717, 1.165) is 17.8 Å². The molecule has 2 aliphatic carbocycles. The van der Waals surface area contributed by atoms with E-state index in [0.29, 0.717) is 28.1 Å². The van der Waals surface area contributed by atoms with Crippen LogP contribution in [0.4, 0.5) is 10.7 Å². The number of nitrogens with one attached hydrogen (secondary N) is 2. The van der Waals surface area contributed by atoms with Crippen molar-refractivity contribution in [1.82, 2.24) is 5.32 Å². The van der Waals surface area contributed by atoms with Gasteiger partial charge in [0, 0.05) is 12.1 Å². The monoisotopic (exact) mass is 290 g/mol. The summed E-state index contributed by atoms with van der Waals surface area (Å²) in [7, 11) is 0. The average molecular weight is 290 g/mol. The molecule has 0 radical (unpaired) electrons. The summed E-state index contributed by atoms with van der Waals surface area (Å²) in [6, 6.07) is 2.72. The fourth-order valence-corrected chi connectivity index (χ4v) is 3.29. The fraction of sp³-hybridized carbons (Fsp3) is 0.571. The summed E-state index contributed by atoms with van der Waals surface area (Å²) < 4.78 is 0. The largest absolute Gasteiger partial charge is 0.396 e. The van der Waals surface area contributed by atoms with Gasteiger partial charge in [-0.2, -0.15) is 5.26 Å². The second kappa shape index (κ2) is 4.98.